The molecule has 16 nitrogen and oxygen atoms in total. The third-order valence-electron chi connectivity index (χ3n) is 7.68. The van der Waals surface area contributed by atoms with Gasteiger partial charge in [-0.25, -0.2) is 4.79 Å². The van der Waals surface area contributed by atoms with Crippen molar-refractivity contribution in [2.45, 2.75) is 50.1 Å². The SMILES string of the molecule is N[C@@](CCCCNC(=O)c1cccc(O)c1O)(C(=O)N[C@@H](CCCCNC(=O)c1cccc(O)c1O)C(=O)O)C(=O)c1cccc(O)c1O. The van der Waals surface area contributed by atoms with Crippen molar-refractivity contribution >= 4 is 29.5 Å². The number of rotatable bonds is 17. The van der Waals surface area contributed by atoms with Gasteiger partial charge in [-0.2, -0.15) is 0 Å². The van der Waals surface area contributed by atoms with Crippen LogP contribution in [-0.4, -0.2) is 89.9 Å². The molecule has 0 aromatic heterocycles. The number of nitrogens with one attached hydrogen (secondary N) is 3. The molecule has 0 aliphatic carbocycles. The van der Waals surface area contributed by atoms with Crippen LogP contribution in [0, 0.1) is 0 Å². The van der Waals surface area contributed by atoms with E-state index in [-0.39, 0.29) is 62.7 Å². The number of amides is 3. The van der Waals surface area contributed by atoms with Gasteiger partial charge in [0, 0.05) is 13.1 Å². The van der Waals surface area contributed by atoms with E-state index in [9.17, 15) is 59.7 Å². The lowest BCUT2D eigenvalue weighted by Crippen LogP contribution is -2.62. The quantitative estimate of drug-likeness (QED) is 0.0418. The molecule has 0 spiro atoms. The Kier molecular flexibility index (Phi) is 12.7. The number of nitrogens with two attached hydrogens (primary N) is 1. The Morgan fingerprint density at radius 2 is 1.06 bits per heavy atom. The van der Waals surface area contributed by atoms with Gasteiger partial charge in [0.15, 0.2) is 45.8 Å². The van der Waals surface area contributed by atoms with Gasteiger partial charge in [0.25, 0.3) is 11.8 Å². The number of phenolic OH excluding ortho intramolecular Hbond substituents is 6. The highest BCUT2D eigenvalue weighted by atomic mass is 16.4. The van der Waals surface area contributed by atoms with E-state index in [0.717, 1.165) is 12.1 Å². The van der Waals surface area contributed by atoms with Crippen molar-refractivity contribution in [3.8, 4) is 34.5 Å². The molecule has 0 saturated carbocycles. The van der Waals surface area contributed by atoms with Gasteiger partial charge in [0.2, 0.25) is 5.91 Å². The first kappa shape index (κ1) is 37.4. The number of carboxylic acid groups (broad SMARTS) is 1. The van der Waals surface area contributed by atoms with E-state index in [0.29, 0.717) is 0 Å². The first-order chi connectivity index (χ1) is 23.2. The van der Waals surface area contributed by atoms with E-state index in [2.05, 4.69) is 16.0 Å². The third kappa shape index (κ3) is 9.29. The predicted molar refractivity (Wildman–Crippen MR) is 172 cm³/mol. The largest absolute Gasteiger partial charge is 0.504 e. The van der Waals surface area contributed by atoms with Crippen LogP contribution in [0.1, 0.15) is 69.6 Å². The summed E-state index contributed by atoms with van der Waals surface area (Å²) in [6, 6.07) is 9.69. The molecule has 12 N–H and O–H groups in total. The molecule has 0 bridgehead atoms. The van der Waals surface area contributed by atoms with E-state index in [4.69, 9.17) is 5.73 Å². The average molecular weight is 683 g/mol. The molecular weight excluding hydrogens is 644 g/mol. The van der Waals surface area contributed by atoms with Gasteiger partial charge < -0.3 is 57.4 Å². The Morgan fingerprint density at radius 3 is 1.53 bits per heavy atom. The van der Waals surface area contributed by atoms with Gasteiger partial charge >= 0.3 is 5.97 Å². The number of aromatic hydroxyl groups is 6. The van der Waals surface area contributed by atoms with E-state index in [1.807, 2.05) is 0 Å². The van der Waals surface area contributed by atoms with Crippen LogP contribution in [0.4, 0.5) is 0 Å². The third-order valence-corrected chi connectivity index (χ3v) is 7.68. The molecule has 0 aliphatic heterocycles. The number of carbonyl (C=O) groups is 5. The number of para-hydroxylation sites is 3. The van der Waals surface area contributed by atoms with Crippen LogP contribution in [0.25, 0.3) is 0 Å². The van der Waals surface area contributed by atoms with E-state index < -0.39 is 81.1 Å². The molecule has 0 aliphatic rings. The lowest BCUT2D eigenvalue weighted by molar-refractivity contribution is -0.142. The number of hydrogen-bond donors (Lipinski definition) is 11. The van der Waals surface area contributed by atoms with Gasteiger partial charge in [0.1, 0.15) is 6.04 Å². The maximum absolute atomic E-state index is 13.6. The average Bonchev–Trinajstić information content (AvgIpc) is 3.06. The molecule has 49 heavy (non-hydrogen) atoms. The van der Waals surface area contributed by atoms with E-state index >= 15 is 0 Å². The van der Waals surface area contributed by atoms with Crippen molar-refractivity contribution in [3.05, 3.63) is 71.3 Å². The summed E-state index contributed by atoms with van der Waals surface area (Å²) in [5, 5.41) is 76.3. The number of ketones is 1. The molecule has 2 atom stereocenters. The molecule has 0 saturated heterocycles. The highest BCUT2D eigenvalue weighted by molar-refractivity contribution is 6.19. The zero-order valence-corrected chi connectivity index (χ0v) is 26.2. The predicted octanol–water partition coefficient (Wildman–Crippen LogP) is 1.57. The minimum atomic E-state index is -2.43. The highest BCUT2D eigenvalue weighted by Crippen LogP contribution is 2.32. The molecule has 3 aromatic rings. The Labute approximate surface area is 279 Å². The zero-order valence-electron chi connectivity index (χ0n) is 26.2. The normalized spacial score (nSPS) is 12.7. The number of benzene rings is 3. The molecule has 3 aromatic carbocycles. The number of Topliss-reactive ketones (excluding diaryl/α,β-unsaturated/α-hetero) is 1. The summed E-state index contributed by atoms with van der Waals surface area (Å²) in [7, 11) is 0. The lowest BCUT2D eigenvalue weighted by atomic mass is 9.83. The number of aliphatic carboxylic acids is 1. The minimum absolute atomic E-state index is 0.00344. The second-order valence-electron chi connectivity index (χ2n) is 11.1. The lowest BCUT2D eigenvalue weighted by Gasteiger charge is -2.29. The van der Waals surface area contributed by atoms with Crippen LogP contribution in [-0.2, 0) is 9.59 Å². The van der Waals surface area contributed by atoms with Gasteiger partial charge in [0.05, 0.1) is 16.7 Å². The molecular formula is C33H38N4O12. The Morgan fingerprint density at radius 1 is 0.633 bits per heavy atom. The minimum Gasteiger partial charge on any atom is -0.504 e. The fraction of sp³-hybridized carbons (Fsp3) is 0.303. The van der Waals surface area contributed by atoms with Crippen LogP contribution >= 0.6 is 0 Å². The second kappa shape index (κ2) is 16.7. The summed E-state index contributed by atoms with van der Waals surface area (Å²) in [4.78, 5) is 63.9. The number of hydrogen-bond acceptors (Lipinski definition) is 12. The van der Waals surface area contributed by atoms with Crippen LogP contribution in [0.5, 0.6) is 34.5 Å². The van der Waals surface area contributed by atoms with Gasteiger partial charge in [-0.15, -0.1) is 0 Å². The van der Waals surface area contributed by atoms with Gasteiger partial charge in [-0.05, 0) is 74.9 Å². The van der Waals surface area contributed by atoms with Gasteiger partial charge in [-0.1, -0.05) is 18.2 Å². The highest BCUT2D eigenvalue weighted by Gasteiger charge is 2.44. The molecule has 0 unspecified atom stereocenters. The van der Waals surface area contributed by atoms with Crippen LogP contribution in [0.2, 0.25) is 0 Å². The summed E-state index contributed by atoms with van der Waals surface area (Å²) < 4.78 is 0. The standard InChI is InChI=1S/C33H38N4O12/c34-33(28(44)18-8-5-12-22(38)25(18)41,15-2-4-17-36-30(46)20-10-7-14-24(40)27(20)43)32(49)37-21(31(47)48)11-1-3-16-35-29(45)19-9-6-13-23(39)26(19)42/h5-10,12-14,21,38-43H,1-4,11,15-17,34H2,(H,35,45)(H,36,46)(H,37,49)(H,47,48)/t21-,33+/m0/s1. The molecule has 0 heterocycles. The van der Waals surface area contributed by atoms with Crippen LogP contribution in [0.3, 0.4) is 0 Å². The smallest absolute Gasteiger partial charge is 0.326 e. The zero-order chi connectivity index (χ0) is 36.3. The number of phenols is 6. The van der Waals surface area contributed by atoms with Crippen molar-refractivity contribution in [2.24, 2.45) is 5.73 Å². The Balaban J connectivity index is 1.64. The monoisotopic (exact) mass is 682 g/mol. The summed E-state index contributed by atoms with van der Waals surface area (Å²) in [5.74, 6) is -8.73. The van der Waals surface area contributed by atoms with Gasteiger partial charge in [-0.3, -0.25) is 19.2 Å². The number of carbonyl (C=O) groups excluding carboxylic acids is 4. The first-order valence-corrected chi connectivity index (χ1v) is 15.2. The molecule has 0 radical (unpaired) electrons. The van der Waals surface area contributed by atoms with Crippen LogP contribution < -0.4 is 21.7 Å². The van der Waals surface area contributed by atoms with Crippen molar-refractivity contribution in [3.63, 3.8) is 0 Å². The second-order valence-corrected chi connectivity index (χ2v) is 11.1. The molecule has 16 heteroatoms. The maximum Gasteiger partial charge on any atom is 0.326 e. The summed E-state index contributed by atoms with van der Waals surface area (Å²) >= 11 is 0. The summed E-state index contributed by atoms with van der Waals surface area (Å²) in [6.07, 6.45) is 0.112. The number of unbranched alkanes of at least 4 members (excludes halogenated alkanes) is 2. The molecule has 3 amide bonds. The summed E-state index contributed by atoms with van der Waals surface area (Å²) in [5.41, 5.74) is 3.12. The fourth-order valence-electron chi connectivity index (χ4n) is 4.86. The first-order valence-electron chi connectivity index (χ1n) is 15.2. The van der Waals surface area contributed by atoms with Crippen molar-refractivity contribution in [1.82, 2.24) is 16.0 Å². The molecule has 262 valence electrons. The Bertz CT molecular complexity index is 1710. The van der Waals surface area contributed by atoms with Crippen molar-refractivity contribution in [1.29, 1.82) is 0 Å². The molecule has 0 fully saturated rings. The number of carboxylic acids is 1. The summed E-state index contributed by atoms with van der Waals surface area (Å²) in [6.45, 7) is 0.0580. The topological polar surface area (TPSA) is 289 Å². The van der Waals surface area contributed by atoms with E-state index in [1.165, 1.54) is 42.5 Å². The van der Waals surface area contributed by atoms with E-state index in [1.54, 1.807) is 0 Å². The fourth-order valence-corrected chi connectivity index (χ4v) is 4.86. The van der Waals surface area contributed by atoms with Crippen molar-refractivity contribution in [2.75, 3.05) is 13.1 Å². The molecule has 3 rings (SSSR count). The van der Waals surface area contributed by atoms with Crippen LogP contribution in [0.15, 0.2) is 54.6 Å². The maximum atomic E-state index is 13.6. The Hall–Kier alpha value is -6.03. The van der Waals surface area contributed by atoms with Crippen molar-refractivity contribution < 1.29 is 59.7 Å².